The fourth-order valence-electron chi connectivity index (χ4n) is 3.21. The highest BCUT2D eigenvalue weighted by molar-refractivity contribution is 5.06. The van der Waals surface area contributed by atoms with E-state index in [0.29, 0.717) is 0 Å². The molecule has 3 N–H and O–H groups in total. The Kier molecular flexibility index (Phi) is 4.96. The van der Waals surface area contributed by atoms with Crippen LogP contribution in [0.3, 0.4) is 0 Å². The molecule has 1 fully saturated rings. The van der Waals surface area contributed by atoms with Gasteiger partial charge in [-0.05, 0) is 25.8 Å². The molecule has 0 aliphatic heterocycles. The summed E-state index contributed by atoms with van der Waals surface area (Å²) in [5.74, 6) is 5.81. The maximum Gasteiger partial charge on any atom is 0.0851 e. The van der Waals surface area contributed by atoms with Crippen LogP contribution in [0.1, 0.15) is 44.7 Å². The Bertz CT molecular complexity index is 379. The molecule has 0 radical (unpaired) electrons. The SMILES string of the molecule is CCOC1(C(Cc2ccn(C)n2)NN)CCCCC1. The van der Waals surface area contributed by atoms with Gasteiger partial charge in [-0.1, -0.05) is 19.3 Å². The van der Waals surface area contributed by atoms with E-state index >= 15 is 0 Å². The van der Waals surface area contributed by atoms with E-state index < -0.39 is 0 Å². The molecule has 0 amide bonds. The first-order valence-corrected chi connectivity index (χ1v) is 7.29. The van der Waals surface area contributed by atoms with Crippen LogP contribution in [0.5, 0.6) is 0 Å². The van der Waals surface area contributed by atoms with Crippen molar-refractivity contribution in [1.29, 1.82) is 0 Å². The molecule has 2 rings (SSSR count). The van der Waals surface area contributed by atoms with E-state index in [4.69, 9.17) is 10.6 Å². The van der Waals surface area contributed by atoms with E-state index in [1.165, 1.54) is 19.3 Å². The second kappa shape index (κ2) is 6.50. The van der Waals surface area contributed by atoms with Gasteiger partial charge in [0.15, 0.2) is 0 Å². The van der Waals surface area contributed by atoms with Crippen molar-refractivity contribution in [2.24, 2.45) is 12.9 Å². The van der Waals surface area contributed by atoms with Gasteiger partial charge in [0.1, 0.15) is 0 Å². The molecule has 108 valence electrons. The average Bonchev–Trinajstić information content (AvgIpc) is 2.83. The predicted molar refractivity (Wildman–Crippen MR) is 75.5 cm³/mol. The van der Waals surface area contributed by atoms with Crippen molar-refractivity contribution < 1.29 is 4.74 Å². The molecule has 0 aromatic carbocycles. The van der Waals surface area contributed by atoms with Crippen LogP contribution < -0.4 is 11.3 Å². The van der Waals surface area contributed by atoms with Crippen molar-refractivity contribution in [2.45, 2.75) is 57.1 Å². The molecule has 1 aliphatic rings. The summed E-state index contributed by atoms with van der Waals surface area (Å²) in [6, 6.07) is 2.18. The fraction of sp³-hybridized carbons (Fsp3) is 0.786. The van der Waals surface area contributed by atoms with Gasteiger partial charge in [0.05, 0.1) is 17.3 Å². The van der Waals surface area contributed by atoms with Gasteiger partial charge < -0.3 is 4.74 Å². The van der Waals surface area contributed by atoms with Gasteiger partial charge in [-0.25, -0.2) is 0 Å². The normalized spacial score (nSPS) is 20.4. The lowest BCUT2D eigenvalue weighted by Gasteiger charge is -2.42. The number of aryl methyl sites for hydroxylation is 1. The molecular weight excluding hydrogens is 240 g/mol. The highest BCUT2D eigenvalue weighted by atomic mass is 16.5. The molecule has 1 aromatic rings. The van der Waals surface area contributed by atoms with E-state index in [0.717, 1.165) is 31.6 Å². The summed E-state index contributed by atoms with van der Waals surface area (Å²) in [5, 5.41) is 4.45. The number of hydrogen-bond donors (Lipinski definition) is 2. The first kappa shape index (κ1) is 14.5. The van der Waals surface area contributed by atoms with Crippen LogP contribution in [0.4, 0.5) is 0 Å². The predicted octanol–water partition coefficient (Wildman–Crippen LogP) is 1.53. The molecule has 0 bridgehead atoms. The summed E-state index contributed by atoms with van der Waals surface area (Å²) in [7, 11) is 1.94. The number of hydrogen-bond acceptors (Lipinski definition) is 4. The van der Waals surface area contributed by atoms with E-state index in [9.17, 15) is 0 Å². The Morgan fingerprint density at radius 1 is 1.47 bits per heavy atom. The number of rotatable bonds is 6. The van der Waals surface area contributed by atoms with Crippen molar-refractivity contribution >= 4 is 0 Å². The smallest absolute Gasteiger partial charge is 0.0851 e. The molecule has 1 aliphatic carbocycles. The summed E-state index contributed by atoms with van der Waals surface area (Å²) in [6.45, 7) is 2.80. The van der Waals surface area contributed by atoms with Crippen molar-refractivity contribution in [2.75, 3.05) is 6.61 Å². The molecule has 5 heteroatoms. The van der Waals surface area contributed by atoms with Gasteiger partial charge in [0.25, 0.3) is 0 Å². The zero-order valence-corrected chi connectivity index (χ0v) is 12.1. The van der Waals surface area contributed by atoms with Gasteiger partial charge in [-0.15, -0.1) is 0 Å². The summed E-state index contributed by atoms with van der Waals surface area (Å²) in [4.78, 5) is 0. The number of nitrogens with zero attached hydrogens (tertiary/aromatic N) is 2. The third kappa shape index (κ3) is 3.35. The Morgan fingerprint density at radius 2 is 2.21 bits per heavy atom. The maximum atomic E-state index is 6.13. The van der Waals surface area contributed by atoms with Crippen LogP contribution in [0, 0.1) is 0 Å². The highest BCUT2D eigenvalue weighted by Crippen LogP contribution is 2.35. The fourth-order valence-corrected chi connectivity index (χ4v) is 3.21. The summed E-state index contributed by atoms with van der Waals surface area (Å²) in [6.07, 6.45) is 8.70. The minimum absolute atomic E-state index is 0.126. The minimum Gasteiger partial charge on any atom is -0.374 e. The summed E-state index contributed by atoms with van der Waals surface area (Å²) in [5.41, 5.74) is 3.92. The largest absolute Gasteiger partial charge is 0.374 e. The second-order valence-electron chi connectivity index (χ2n) is 5.46. The molecule has 1 heterocycles. The van der Waals surface area contributed by atoms with Gasteiger partial charge >= 0.3 is 0 Å². The van der Waals surface area contributed by atoms with Gasteiger partial charge in [-0.2, -0.15) is 5.10 Å². The molecule has 19 heavy (non-hydrogen) atoms. The third-order valence-electron chi connectivity index (χ3n) is 4.15. The van der Waals surface area contributed by atoms with E-state index in [2.05, 4.69) is 17.4 Å². The lowest BCUT2D eigenvalue weighted by molar-refractivity contribution is -0.0900. The number of nitrogens with one attached hydrogen (secondary N) is 1. The monoisotopic (exact) mass is 266 g/mol. The van der Waals surface area contributed by atoms with Crippen molar-refractivity contribution in [1.82, 2.24) is 15.2 Å². The zero-order valence-electron chi connectivity index (χ0n) is 12.1. The van der Waals surface area contributed by atoms with Crippen LogP contribution in [0.25, 0.3) is 0 Å². The van der Waals surface area contributed by atoms with Crippen molar-refractivity contribution in [3.05, 3.63) is 18.0 Å². The van der Waals surface area contributed by atoms with Gasteiger partial charge in [0.2, 0.25) is 0 Å². The summed E-state index contributed by atoms with van der Waals surface area (Å²) >= 11 is 0. The first-order chi connectivity index (χ1) is 9.20. The molecule has 1 aromatic heterocycles. The van der Waals surface area contributed by atoms with Gasteiger partial charge in [0, 0.05) is 26.3 Å². The summed E-state index contributed by atoms with van der Waals surface area (Å²) < 4.78 is 7.96. The second-order valence-corrected chi connectivity index (χ2v) is 5.46. The van der Waals surface area contributed by atoms with Crippen LogP contribution in [0.2, 0.25) is 0 Å². The third-order valence-corrected chi connectivity index (χ3v) is 4.15. The van der Waals surface area contributed by atoms with Crippen LogP contribution >= 0.6 is 0 Å². The first-order valence-electron chi connectivity index (χ1n) is 7.29. The number of aromatic nitrogens is 2. The van der Waals surface area contributed by atoms with Crippen LogP contribution in [0.15, 0.2) is 12.3 Å². The topological polar surface area (TPSA) is 65.1 Å². The lowest BCUT2D eigenvalue weighted by atomic mass is 9.77. The lowest BCUT2D eigenvalue weighted by Crippen LogP contribution is -2.57. The van der Waals surface area contributed by atoms with Crippen LogP contribution in [-0.2, 0) is 18.2 Å². The van der Waals surface area contributed by atoms with Crippen molar-refractivity contribution in [3.63, 3.8) is 0 Å². The Balaban J connectivity index is 2.12. The van der Waals surface area contributed by atoms with E-state index in [1.807, 2.05) is 24.0 Å². The molecule has 1 unspecified atom stereocenters. The molecule has 0 saturated heterocycles. The molecule has 1 atom stereocenters. The van der Waals surface area contributed by atoms with Crippen LogP contribution in [-0.4, -0.2) is 28.0 Å². The maximum absolute atomic E-state index is 6.13. The molecule has 5 nitrogen and oxygen atoms in total. The van der Waals surface area contributed by atoms with Crippen molar-refractivity contribution in [3.8, 4) is 0 Å². The Hall–Kier alpha value is -0.910. The number of hydrazine groups is 1. The highest BCUT2D eigenvalue weighted by Gasteiger charge is 2.40. The standard InChI is InChI=1S/C14H26N4O/c1-3-19-14(8-5-4-6-9-14)13(16-15)11-12-7-10-18(2)17-12/h7,10,13,16H,3-6,8-9,11,15H2,1-2H3. The molecule has 0 spiro atoms. The van der Waals surface area contributed by atoms with E-state index in [1.54, 1.807) is 0 Å². The number of nitrogens with two attached hydrogens (primary N) is 1. The molecular formula is C14H26N4O. The quantitative estimate of drug-likeness (QED) is 0.605. The Morgan fingerprint density at radius 3 is 2.74 bits per heavy atom. The van der Waals surface area contributed by atoms with Gasteiger partial charge in [-0.3, -0.25) is 16.0 Å². The minimum atomic E-state index is -0.126. The Labute approximate surface area is 115 Å². The van der Waals surface area contributed by atoms with E-state index in [-0.39, 0.29) is 11.6 Å². The number of ether oxygens (including phenoxy) is 1. The zero-order chi connectivity index (χ0) is 13.7. The average molecular weight is 266 g/mol. The molecule has 1 saturated carbocycles.